The first kappa shape index (κ1) is 41.3. The molecule has 0 aromatic carbocycles. The molecule has 0 N–H and O–H groups in total. The number of thiazole rings is 2. The summed E-state index contributed by atoms with van der Waals surface area (Å²) in [5.41, 5.74) is 4.11. The Morgan fingerprint density at radius 3 is 1.04 bits per heavy atom. The average Bonchev–Trinajstić information content (AvgIpc) is 3.66. The normalized spacial score (nSPS) is 16.4. The molecule has 2 aromatic heterocycles. The summed E-state index contributed by atoms with van der Waals surface area (Å²) in [4.78, 5) is 15.5. The molecule has 1 aliphatic heterocycles. The van der Waals surface area contributed by atoms with Crippen molar-refractivity contribution in [3.05, 3.63) is 0 Å². The van der Waals surface area contributed by atoms with Gasteiger partial charge in [-0.05, 0) is 57.2 Å². The number of fused-ring (bicyclic) bond motifs is 3. The van der Waals surface area contributed by atoms with Gasteiger partial charge in [0.15, 0.2) is 8.07 Å². The van der Waals surface area contributed by atoms with Gasteiger partial charge in [0.25, 0.3) is 0 Å². The SMILES string of the molecule is CCCCC(CC)C[Si]1(CC(CC)CCCC)c2nc([Si](C(C)C)(C(C)C)C(C)C)sc2-c2sc([Si](C(C)C)(C(C)C)C(C)C)nc21. The molecule has 0 amide bonds. The van der Waals surface area contributed by atoms with E-state index in [2.05, 4.69) is 133 Å². The number of rotatable bonds is 20. The Hall–Kier alpha value is -0.0894. The van der Waals surface area contributed by atoms with Gasteiger partial charge >= 0.3 is 0 Å². The van der Waals surface area contributed by atoms with Crippen LogP contribution in [0.3, 0.4) is 0 Å². The van der Waals surface area contributed by atoms with Gasteiger partial charge in [0.2, 0.25) is 0 Å². The van der Waals surface area contributed by atoms with Crippen LogP contribution in [-0.2, 0) is 0 Å². The van der Waals surface area contributed by atoms with Crippen LogP contribution in [0.4, 0.5) is 0 Å². The van der Waals surface area contributed by atoms with Crippen molar-refractivity contribution in [1.29, 1.82) is 0 Å². The molecular formula is C40H76N2S2Si3. The van der Waals surface area contributed by atoms with Crippen molar-refractivity contribution in [2.45, 2.75) is 207 Å². The van der Waals surface area contributed by atoms with Gasteiger partial charge in [-0.1, -0.05) is 162 Å². The minimum absolute atomic E-state index is 0.685. The molecule has 2 aromatic rings. The Morgan fingerprint density at radius 2 is 0.809 bits per heavy atom. The van der Waals surface area contributed by atoms with Crippen molar-refractivity contribution >= 4 is 66.8 Å². The first-order valence-electron chi connectivity index (χ1n) is 20.1. The van der Waals surface area contributed by atoms with Crippen molar-refractivity contribution in [3.63, 3.8) is 0 Å². The van der Waals surface area contributed by atoms with Crippen molar-refractivity contribution in [2.75, 3.05) is 0 Å². The largest absolute Gasteiger partial charge is 0.255 e. The fourth-order valence-corrected chi connectivity index (χ4v) is 38.3. The zero-order valence-corrected chi connectivity index (χ0v) is 38.5. The van der Waals surface area contributed by atoms with Crippen LogP contribution >= 0.6 is 22.7 Å². The summed E-state index contributed by atoms with van der Waals surface area (Å²) in [6.45, 7) is 40.1. The van der Waals surface area contributed by atoms with E-state index in [4.69, 9.17) is 9.97 Å². The van der Waals surface area contributed by atoms with Crippen LogP contribution in [0.2, 0.25) is 45.3 Å². The van der Waals surface area contributed by atoms with Crippen molar-refractivity contribution < 1.29 is 0 Å². The zero-order valence-electron chi connectivity index (χ0n) is 33.9. The topological polar surface area (TPSA) is 25.8 Å². The highest BCUT2D eigenvalue weighted by atomic mass is 32.1. The molecule has 2 unspecified atom stereocenters. The molecule has 0 saturated carbocycles. The average molecular weight is 733 g/mol. The summed E-state index contributed by atoms with van der Waals surface area (Å²) in [6, 6.07) is 2.75. The molecule has 3 rings (SSSR count). The molecule has 270 valence electrons. The van der Waals surface area contributed by atoms with E-state index in [1.165, 1.54) is 63.5 Å². The highest BCUT2D eigenvalue weighted by molar-refractivity contribution is 7.38. The van der Waals surface area contributed by atoms with Crippen LogP contribution in [-0.4, -0.2) is 34.2 Å². The van der Waals surface area contributed by atoms with Crippen LogP contribution in [0, 0.1) is 11.8 Å². The fraction of sp³-hybridized carbons (Fsp3) is 0.850. The molecular weight excluding hydrogens is 657 g/mol. The van der Waals surface area contributed by atoms with E-state index in [0.717, 1.165) is 11.8 Å². The van der Waals surface area contributed by atoms with E-state index in [1.807, 2.05) is 0 Å². The maximum Gasteiger partial charge on any atom is 0.169 e. The third-order valence-electron chi connectivity index (χ3n) is 13.2. The molecule has 1 aliphatic rings. The van der Waals surface area contributed by atoms with E-state index in [0.29, 0.717) is 33.2 Å². The lowest BCUT2D eigenvalue weighted by Gasteiger charge is -2.41. The second-order valence-corrected chi connectivity index (χ2v) is 35.8. The summed E-state index contributed by atoms with van der Waals surface area (Å²) in [6.07, 6.45) is 10.6. The van der Waals surface area contributed by atoms with Crippen molar-refractivity contribution in [1.82, 2.24) is 9.97 Å². The van der Waals surface area contributed by atoms with E-state index in [-0.39, 0.29) is 0 Å². The minimum atomic E-state index is -2.22. The molecule has 0 fully saturated rings. The first-order valence-corrected chi connectivity index (χ1v) is 28.6. The fourth-order valence-electron chi connectivity index (χ4n) is 10.9. The molecule has 0 bridgehead atoms. The minimum Gasteiger partial charge on any atom is -0.255 e. The quantitative estimate of drug-likeness (QED) is 0.127. The first-order chi connectivity index (χ1) is 22.1. The maximum absolute atomic E-state index is 6.12. The predicted molar refractivity (Wildman–Crippen MR) is 226 cm³/mol. The second-order valence-electron chi connectivity index (χ2n) is 17.5. The highest BCUT2D eigenvalue weighted by Gasteiger charge is 2.57. The Kier molecular flexibility index (Phi) is 14.9. The maximum atomic E-state index is 6.12. The van der Waals surface area contributed by atoms with E-state index in [9.17, 15) is 0 Å². The Balaban J connectivity index is 2.50. The molecule has 2 nitrogen and oxygen atoms in total. The number of hydrogen-bond acceptors (Lipinski definition) is 4. The summed E-state index contributed by atoms with van der Waals surface area (Å²) in [5, 5.41) is 3.24. The summed E-state index contributed by atoms with van der Waals surface area (Å²) in [7, 11) is -5.98. The smallest absolute Gasteiger partial charge is 0.169 e. The summed E-state index contributed by atoms with van der Waals surface area (Å²) in [5.74, 6) is 1.56. The predicted octanol–water partition coefficient (Wildman–Crippen LogP) is 12.3. The number of nitrogens with zero attached hydrogens (tertiary/aromatic N) is 2. The van der Waals surface area contributed by atoms with Crippen molar-refractivity contribution in [3.8, 4) is 9.75 Å². The molecule has 0 spiro atoms. The molecule has 47 heavy (non-hydrogen) atoms. The van der Waals surface area contributed by atoms with Gasteiger partial charge in [-0.15, -0.1) is 22.7 Å². The Labute approximate surface area is 304 Å². The molecule has 3 heterocycles. The molecule has 7 heteroatoms. The molecule has 0 saturated heterocycles. The van der Waals surface area contributed by atoms with Gasteiger partial charge in [0, 0.05) is 0 Å². The van der Waals surface area contributed by atoms with Gasteiger partial charge in [-0.3, -0.25) is 9.97 Å². The number of aromatic nitrogens is 2. The summed E-state index contributed by atoms with van der Waals surface area (Å²) < 4.78 is 3.17. The van der Waals surface area contributed by atoms with Gasteiger partial charge in [0.1, 0.15) is 16.1 Å². The third-order valence-corrected chi connectivity index (χ3v) is 36.5. The van der Waals surface area contributed by atoms with Crippen LogP contribution in [0.5, 0.6) is 0 Å². The molecule has 0 aliphatic carbocycles. The van der Waals surface area contributed by atoms with Gasteiger partial charge < -0.3 is 0 Å². The van der Waals surface area contributed by atoms with E-state index >= 15 is 0 Å². The van der Waals surface area contributed by atoms with Crippen LogP contribution in [0.1, 0.15) is 162 Å². The van der Waals surface area contributed by atoms with Gasteiger partial charge in [-0.2, -0.15) is 0 Å². The van der Waals surface area contributed by atoms with E-state index < -0.39 is 24.2 Å². The van der Waals surface area contributed by atoms with Gasteiger partial charge in [-0.25, -0.2) is 0 Å². The standard InChI is InChI=1S/C40H76N2S2Si3/c1-17-21-23-33(19-3)25-45(26-34(20-4)24-22-18-2)37-35(43-39(41-37)46(27(5)6,28(7)8)29(9)10)36-38(45)42-40(44-36)47(30(11)12,31(13)14)32(15)16/h27-34H,17-26H2,1-16H3. The monoisotopic (exact) mass is 732 g/mol. The lowest BCUT2D eigenvalue weighted by Crippen LogP contribution is -2.63. The van der Waals surface area contributed by atoms with E-state index in [1.54, 1.807) is 29.7 Å². The third kappa shape index (κ3) is 7.33. The lowest BCUT2D eigenvalue weighted by atomic mass is 10.0. The molecule has 2 atom stereocenters. The van der Waals surface area contributed by atoms with Crippen molar-refractivity contribution in [2.24, 2.45) is 11.8 Å². The Morgan fingerprint density at radius 1 is 0.511 bits per heavy atom. The number of unbranched alkanes of at least 4 members (excludes halogenated alkanes) is 2. The zero-order chi connectivity index (χ0) is 35.5. The molecule has 0 radical (unpaired) electrons. The second kappa shape index (κ2) is 17.0. The summed E-state index contributed by atoms with van der Waals surface area (Å²) >= 11 is 4.37. The van der Waals surface area contributed by atoms with Crippen LogP contribution in [0.15, 0.2) is 0 Å². The highest BCUT2D eigenvalue weighted by Crippen LogP contribution is 2.48. The van der Waals surface area contributed by atoms with Crippen LogP contribution < -0.4 is 19.9 Å². The number of hydrogen-bond donors (Lipinski definition) is 0. The van der Waals surface area contributed by atoms with Crippen LogP contribution in [0.25, 0.3) is 9.75 Å². The Bertz CT molecular complexity index is 1120. The lowest BCUT2D eigenvalue weighted by molar-refractivity contribution is 0.468. The van der Waals surface area contributed by atoms with Gasteiger partial charge in [0.05, 0.1) is 29.7 Å².